The summed E-state index contributed by atoms with van der Waals surface area (Å²) in [6.07, 6.45) is -0.488. The predicted molar refractivity (Wildman–Crippen MR) is 77.9 cm³/mol. The van der Waals surface area contributed by atoms with Gasteiger partial charge in [0.05, 0.1) is 17.7 Å². The van der Waals surface area contributed by atoms with Gasteiger partial charge in [0.2, 0.25) is 0 Å². The topological polar surface area (TPSA) is 18.5 Å². The van der Waals surface area contributed by atoms with Crippen LogP contribution in [0.5, 0.6) is 0 Å². The van der Waals surface area contributed by atoms with Crippen molar-refractivity contribution in [2.45, 2.75) is 12.2 Å². The van der Waals surface area contributed by atoms with Crippen LogP contribution < -0.4 is 0 Å². The average molecular weight is 337 g/mol. The Bertz CT molecular complexity index is 580. The molecule has 0 aliphatic carbocycles. The first kappa shape index (κ1) is 13.7. The van der Waals surface area contributed by atoms with Crippen LogP contribution in [0.4, 0.5) is 4.39 Å². The van der Waals surface area contributed by atoms with Crippen molar-refractivity contribution in [2.24, 2.45) is 0 Å². The quantitative estimate of drug-likeness (QED) is 0.808. The van der Waals surface area contributed by atoms with E-state index in [1.165, 1.54) is 11.6 Å². The molecule has 3 rings (SSSR count). The Morgan fingerprint density at radius 3 is 2.30 bits per heavy atom. The summed E-state index contributed by atoms with van der Waals surface area (Å²) in [6, 6.07) is 15.0. The largest absolute Gasteiger partial charge is 0.348 e. The predicted octanol–water partition coefficient (Wildman–Crippen LogP) is 4.42. The van der Waals surface area contributed by atoms with Gasteiger partial charge >= 0.3 is 0 Å². The van der Waals surface area contributed by atoms with Crippen LogP contribution in [0.3, 0.4) is 0 Å². The fourth-order valence-electron chi connectivity index (χ4n) is 2.27. The molecule has 104 valence electrons. The number of benzene rings is 2. The van der Waals surface area contributed by atoms with Crippen molar-refractivity contribution in [3.8, 4) is 0 Å². The van der Waals surface area contributed by atoms with E-state index in [1.807, 2.05) is 18.2 Å². The second kappa shape index (κ2) is 6.04. The molecule has 0 saturated carbocycles. The molecule has 1 saturated heterocycles. The molecule has 0 spiro atoms. The minimum absolute atomic E-state index is 0.229. The summed E-state index contributed by atoms with van der Waals surface area (Å²) in [5.41, 5.74) is 1.91. The molecular weight excluding hydrogens is 323 g/mol. The second-order valence-corrected chi connectivity index (χ2v) is 5.63. The minimum atomic E-state index is -0.488. The lowest BCUT2D eigenvalue weighted by Gasteiger charge is -2.30. The van der Waals surface area contributed by atoms with E-state index in [9.17, 15) is 4.39 Å². The summed E-state index contributed by atoms with van der Waals surface area (Å²) in [7, 11) is 0. The van der Waals surface area contributed by atoms with E-state index in [2.05, 4.69) is 28.1 Å². The van der Waals surface area contributed by atoms with Gasteiger partial charge in [-0.3, -0.25) is 0 Å². The van der Waals surface area contributed by atoms with Crippen LogP contribution in [0.2, 0.25) is 0 Å². The third-order valence-corrected chi connectivity index (χ3v) is 4.03. The Labute approximate surface area is 125 Å². The van der Waals surface area contributed by atoms with Crippen LogP contribution in [0.25, 0.3) is 0 Å². The van der Waals surface area contributed by atoms with Crippen LogP contribution in [0, 0.1) is 5.82 Å². The number of rotatable bonds is 2. The van der Waals surface area contributed by atoms with Crippen molar-refractivity contribution in [1.29, 1.82) is 0 Å². The molecule has 1 aliphatic rings. The van der Waals surface area contributed by atoms with Crippen molar-refractivity contribution in [2.75, 3.05) is 13.2 Å². The standard InChI is InChI=1S/C16H14BrFO2/c17-14-7-6-12(8-15(14)18)16-19-9-13(10-20-16)11-4-2-1-3-5-11/h1-8,13,16H,9-10H2. The molecule has 2 aromatic rings. The van der Waals surface area contributed by atoms with Crippen molar-refractivity contribution in [3.63, 3.8) is 0 Å². The van der Waals surface area contributed by atoms with Crippen LogP contribution in [-0.2, 0) is 9.47 Å². The number of halogens is 2. The molecular formula is C16H14BrFO2. The fourth-order valence-corrected chi connectivity index (χ4v) is 2.52. The van der Waals surface area contributed by atoms with Crippen LogP contribution in [0.15, 0.2) is 53.0 Å². The van der Waals surface area contributed by atoms with Gasteiger partial charge in [-0.1, -0.05) is 36.4 Å². The summed E-state index contributed by atoms with van der Waals surface area (Å²) < 4.78 is 25.4. The maximum absolute atomic E-state index is 13.5. The zero-order valence-electron chi connectivity index (χ0n) is 10.8. The van der Waals surface area contributed by atoms with E-state index in [0.29, 0.717) is 23.2 Å². The van der Waals surface area contributed by atoms with Gasteiger partial charge < -0.3 is 9.47 Å². The van der Waals surface area contributed by atoms with E-state index in [-0.39, 0.29) is 11.7 Å². The Morgan fingerprint density at radius 2 is 1.65 bits per heavy atom. The first-order valence-electron chi connectivity index (χ1n) is 6.47. The van der Waals surface area contributed by atoms with E-state index in [0.717, 1.165) is 0 Å². The second-order valence-electron chi connectivity index (χ2n) is 4.78. The van der Waals surface area contributed by atoms with Crippen LogP contribution in [0.1, 0.15) is 23.3 Å². The molecule has 20 heavy (non-hydrogen) atoms. The smallest absolute Gasteiger partial charge is 0.183 e. The third kappa shape index (κ3) is 2.92. The van der Waals surface area contributed by atoms with E-state index >= 15 is 0 Å². The Balaban J connectivity index is 1.68. The van der Waals surface area contributed by atoms with E-state index in [1.54, 1.807) is 12.1 Å². The highest BCUT2D eigenvalue weighted by Gasteiger charge is 2.25. The first-order valence-corrected chi connectivity index (χ1v) is 7.26. The SMILES string of the molecule is Fc1cc(C2OCC(c3ccccc3)CO2)ccc1Br. The molecule has 0 atom stereocenters. The molecule has 0 amide bonds. The molecule has 2 aromatic carbocycles. The number of hydrogen-bond acceptors (Lipinski definition) is 2. The lowest BCUT2D eigenvalue weighted by atomic mass is 10.0. The fraction of sp³-hybridized carbons (Fsp3) is 0.250. The third-order valence-electron chi connectivity index (χ3n) is 3.38. The van der Waals surface area contributed by atoms with Gasteiger partial charge in [-0.2, -0.15) is 0 Å². The highest BCUT2D eigenvalue weighted by atomic mass is 79.9. The summed E-state index contributed by atoms with van der Waals surface area (Å²) >= 11 is 3.14. The zero-order valence-corrected chi connectivity index (χ0v) is 12.3. The summed E-state index contributed by atoms with van der Waals surface area (Å²) in [4.78, 5) is 0. The first-order chi connectivity index (χ1) is 9.74. The van der Waals surface area contributed by atoms with E-state index in [4.69, 9.17) is 9.47 Å². The molecule has 0 aromatic heterocycles. The molecule has 0 unspecified atom stereocenters. The summed E-state index contributed by atoms with van der Waals surface area (Å²) in [5, 5.41) is 0. The van der Waals surface area contributed by atoms with Gasteiger partial charge in [-0.15, -0.1) is 0 Å². The van der Waals surface area contributed by atoms with Crippen molar-refractivity contribution in [3.05, 3.63) is 69.9 Å². The van der Waals surface area contributed by atoms with Gasteiger partial charge in [-0.25, -0.2) is 4.39 Å². The Morgan fingerprint density at radius 1 is 0.950 bits per heavy atom. The van der Waals surface area contributed by atoms with Gasteiger partial charge in [0.25, 0.3) is 0 Å². The van der Waals surface area contributed by atoms with Crippen LogP contribution in [-0.4, -0.2) is 13.2 Å². The van der Waals surface area contributed by atoms with Crippen molar-refractivity contribution >= 4 is 15.9 Å². The maximum atomic E-state index is 13.5. The molecule has 4 heteroatoms. The van der Waals surface area contributed by atoms with E-state index < -0.39 is 6.29 Å². The maximum Gasteiger partial charge on any atom is 0.183 e. The van der Waals surface area contributed by atoms with Gasteiger partial charge in [-0.05, 0) is 33.6 Å². The van der Waals surface area contributed by atoms with Crippen molar-refractivity contribution < 1.29 is 13.9 Å². The zero-order chi connectivity index (χ0) is 13.9. The highest BCUT2D eigenvalue weighted by molar-refractivity contribution is 9.10. The normalized spacial score (nSPS) is 22.7. The van der Waals surface area contributed by atoms with Gasteiger partial charge in [0.15, 0.2) is 6.29 Å². The summed E-state index contributed by atoms with van der Waals surface area (Å²) in [6.45, 7) is 1.15. The van der Waals surface area contributed by atoms with Gasteiger partial charge in [0.1, 0.15) is 5.82 Å². The molecule has 1 aliphatic heterocycles. The lowest BCUT2D eigenvalue weighted by molar-refractivity contribution is -0.191. The van der Waals surface area contributed by atoms with Gasteiger partial charge in [0, 0.05) is 11.5 Å². The Kier molecular flexibility index (Phi) is 4.15. The number of ether oxygens (including phenoxy) is 2. The van der Waals surface area contributed by atoms with Crippen molar-refractivity contribution in [1.82, 2.24) is 0 Å². The highest BCUT2D eigenvalue weighted by Crippen LogP contribution is 2.31. The molecule has 0 N–H and O–H groups in total. The molecule has 0 bridgehead atoms. The molecule has 2 nitrogen and oxygen atoms in total. The average Bonchev–Trinajstić information content (AvgIpc) is 2.51. The lowest BCUT2D eigenvalue weighted by Crippen LogP contribution is -2.25. The summed E-state index contributed by atoms with van der Waals surface area (Å²) in [5.74, 6) is -0.0763. The van der Waals surface area contributed by atoms with Crippen LogP contribution >= 0.6 is 15.9 Å². The molecule has 0 radical (unpaired) electrons. The molecule has 1 fully saturated rings. The monoisotopic (exact) mass is 336 g/mol. The number of hydrogen-bond donors (Lipinski definition) is 0. The minimum Gasteiger partial charge on any atom is -0.348 e. The Hall–Kier alpha value is -1.23. The molecule has 1 heterocycles.